The summed E-state index contributed by atoms with van der Waals surface area (Å²) in [7, 11) is 0. The molecule has 0 bridgehead atoms. The van der Waals surface area contributed by atoms with Crippen molar-refractivity contribution in [3.05, 3.63) is 74.9 Å². The van der Waals surface area contributed by atoms with Gasteiger partial charge in [-0.2, -0.15) is 0 Å². The van der Waals surface area contributed by atoms with Crippen molar-refractivity contribution in [3.8, 4) is 11.5 Å². The van der Waals surface area contributed by atoms with Crippen LogP contribution in [-0.2, 0) is 6.42 Å². The topological polar surface area (TPSA) is 76.7 Å². The number of amides is 2. The summed E-state index contributed by atoms with van der Waals surface area (Å²) in [5.41, 5.74) is 1.86. The second-order valence-electron chi connectivity index (χ2n) is 6.61. The molecule has 0 fully saturated rings. The average Bonchev–Trinajstić information content (AvgIpc) is 3.30. The van der Waals surface area contributed by atoms with Gasteiger partial charge < -0.3 is 20.1 Å². The maximum Gasteiger partial charge on any atom is 0.265 e. The molecular weight excluding hydrogens is 424 g/mol. The quantitative estimate of drug-likeness (QED) is 0.593. The number of carbonyl (C=O) groups excluding carboxylic acids is 2. The Bertz CT molecular complexity index is 1070. The van der Waals surface area contributed by atoms with E-state index in [0.29, 0.717) is 47.3 Å². The van der Waals surface area contributed by atoms with E-state index >= 15 is 0 Å². The number of fused-ring (bicyclic) bond motifs is 1. The third-order valence-corrected chi connectivity index (χ3v) is 5.73. The average molecular weight is 443 g/mol. The lowest BCUT2D eigenvalue weighted by Gasteiger charge is -2.18. The SMILES string of the molecule is O=C(NCCc1ccc2c(c1)OCCO2)c1ccc(Cl)c(NC(=O)c2cccs2)c1. The van der Waals surface area contributed by atoms with Gasteiger partial charge in [-0.15, -0.1) is 11.3 Å². The van der Waals surface area contributed by atoms with Crippen molar-refractivity contribution in [1.29, 1.82) is 0 Å². The zero-order valence-electron chi connectivity index (χ0n) is 15.9. The number of halogens is 1. The van der Waals surface area contributed by atoms with Crippen molar-refractivity contribution in [3.63, 3.8) is 0 Å². The zero-order chi connectivity index (χ0) is 20.9. The summed E-state index contributed by atoms with van der Waals surface area (Å²) >= 11 is 7.52. The summed E-state index contributed by atoms with van der Waals surface area (Å²) in [4.78, 5) is 25.4. The van der Waals surface area contributed by atoms with Crippen molar-refractivity contribution < 1.29 is 19.1 Å². The Morgan fingerprint density at radius 3 is 2.63 bits per heavy atom. The Kier molecular flexibility index (Phi) is 6.21. The van der Waals surface area contributed by atoms with Crippen LogP contribution in [0.25, 0.3) is 0 Å². The fourth-order valence-electron chi connectivity index (χ4n) is 3.02. The predicted molar refractivity (Wildman–Crippen MR) is 117 cm³/mol. The molecule has 0 radical (unpaired) electrons. The third kappa shape index (κ3) is 4.75. The van der Waals surface area contributed by atoms with Crippen molar-refractivity contribution in [2.45, 2.75) is 6.42 Å². The maximum atomic E-state index is 12.5. The Hall–Kier alpha value is -3.03. The van der Waals surface area contributed by atoms with Gasteiger partial charge in [0.25, 0.3) is 11.8 Å². The Labute approximate surface area is 182 Å². The van der Waals surface area contributed by atoms with Gasteiger partial charge in [-0.05, 0) is 53.8 Å². The van der Waals surface area contributed by atoms with Crippen LogP contribution in [0, 0.1) is 0 Å². The molecule has 2 amide bonds. The second-order valence-corrected chi connectivity index (χ2v) is 7.96. The van der Waals surface area contributed by atoms with Gasteiger partial charge in [0.2, 0.25) is 0 Å². The van der Waals surface area contributed by atoms with Crippen LogP contribution in [0.3, 0.4) is 0 Å². The maximum absolute atomic E-state index is 12.5. The van der Waals surface area contributed by atoms with E-state index in [2.05, 4.69) is 10.6 Å². The van der Waals surface area contributed by atoms with Crippen molar-refractivity contribution in [2.75, 3.05) is 25.1 Å². The highest BCUT2D eigenvalue weighted by Crippen LogP contribution is 2.30. The molecule has 2 heterocycles. The van der Waals surface area contributed by atoms with E-state index in [1.54, 1.807) is 30.3 Å². The predicted octanol–water partition coefficient (Wildman–Crippen LogP) is 4.40. The molecule has 0 atom stereocenters. The number of nitrogens with one attached hydrogen (secondary N) is 2. The molecule has 154 valence electrons. The monoisotopic (exact) mass is 442 g/mol. The third-order valence-electron chi connectivity index (χ3n) is 4.53. The molecule has 0 saturated carbocycles. The molecule has 4 rings (SSSR count). The number of thiophene rings is 1. The van der Waals surface area contributed by atoms with Crippen molar-refractivity contribution in [2.24, 2.45) is 0 Å². The number of carbonyl (C=O) groups is 2. The normalized spacial score (nSPS) is 12.3. The molecule has 2 N–H and O–H groups in total. The Balaban J connectivity index is 1.36. The first-order valence-electron chi connectivity index (χ1n) is 9.41. The van der Waals surface area contributed by atoms with Gasteiger partial charge in [-0.3, -0.25) is 9.59 Å². The smallest absolute Gasteiger partial charge is 0.265 e. The first kappa shape index (κ1) is 20.3. The van der Waals surface area contributed by atoms with E-state index in [-0.39, 0.29) is 11.8 Å². The van der Waals surface area contributed by atoms with Crippen molar-refractivity contribution in [1.82, 2.24) is 5.32 Å². The molecule has 1 aromatic heterocycles. The van der Waals surface area contributed by atoms with Gasteiger partial charge in [0.15, 0.2) is 11.5 Å². The van der Waals surface area contributed by atoms with Crippen LogP contribution in [0.15, 0.2) is 53.9 Å². The highest BCUT2D eigenvalue weighted by Gasteiger charge is 2.14. The Morgan fingerprint density at radius 1 is 1.00 bits per heavy atom. The minimum atomic E-state index is -0.261. The molecule has 30 heavy (non-hydrogen) atoms. The van der Waals surface area contributed by atoms with E-state index in [1.807, 2.05) is 23.6 Å². The van der Waals surface area contributed by atoms with Crippen LogP contribution in [0.1, 0.15) is 25.6 Å². The summed E-state index contributed by atoms with van der Waals surface area (Å²) in [6, 6.07) is 14.1. The summed E-state index contributed by atoms with van der Waals surface area (Å²) in [5.74, 6) is 0.972. The van der Waals surface area contributed by atoms with Gasteiger partial charge in [-0.1, -0.05) is 23.7 Å². The van der Waals surface area contributed by atoms with E-state index in [1.165, 1.54) is 11.3 Å². The van der Waals surface area contributed by atoms with Crippen LogP contribution in [0.5, 0.6) is 11.5 Å². The highest BCUT2D eigenvalue weighted by molar-refractivity contribution is 7.12. The summed E-state index contributed by atoms with van der Waals surface area (Å²) in [6.07, 6.45) is 0.651. The molecule has 6 nitrogen and oxygen atoms in total. The largest absolute Gasteiger partial charge is 0.486 e. The lowest BCUT2D eigenvalue weighted by Crippen LogP contribution is -2.26. The molecule has 0 spiro atoms. The van der Waals surface area contributed by atoms with Gasteiger partial charge in [-0.25, -0.2) is 0 Å². The lowest BCUT2D eigenvalue weighted by molar-refractivity contribution is 0.0952. The van der Waals surface area contributed by atoms with Gasteiger partial charge in [0.1, 0.15) is 13.2 Å². The molecule has 1 aliphatic heterocycles. The van der Waals surface area contributed by atoms with Crippen molar-refractivity contribution >= 4 is 40.4 Å². The van der Waals surface area contributed by atoms with Gasteiger partial charge in [0, 0.05) is 12.1 Å². The number of hydrogen-bond acceptors (Lipinski definition) is 5. The van der Waals surface area contributed by atoms with E-state index in [9.17, 15) is 9.59 Å². The summed E-state index contributed by atoms with van der Waals surface area (Å²) < 4.78 is 11.1. The van der Waals surface area contributed by atoms with Crippen LogP contribution < -0.4 is 20.1 Å². The van der Waals surface area contributed by atoms with Crippen LogP contribution in [-0.4, -0.2) is 31.6 Å². The summed E-state index contributed by atoms with van der Waals surface area (Å²) in [5, 5.41) is 7.83. The number of anilines is 1. The molecule has 3 aromatic rings. The highest BCUT2D eigenvalue weighted by atomic mass is 35.5. The van der Waals surface area contributed by atoms with E-state index in [4.69, 9.17) is 21.1 Å². The molecular formula is C22H19ClN2O4S. The number of rotatable bonds is 6. The van der Waals surface area contributed by atoms with Crippen LogP contribution >= 0.6 is 22.9 Å². The first-order chi connectivity index (χ1) is 14.6. The molecule has 0 aliphatic carbocycles. The molecule has 8 heteroatoms. The molecule has 2 aromatic carbocycles. The fraction of sp³-hybridized carbons (Fsp3) is 0.182. The van der Waals surface area contributed by atoms with Crippen LogP contribution in [0.4, 0.5) is 5.69 Å². The number of hydrogen-bond donors (Lipinski definition) is 2. The first-order valence-corrected chi connectivity index (χ1v) is 10.7. The van der Waals surface area contributed by atoms with E-state index < -0.39 is 0 Å². The van der Waals surface area contributed by atoms with Crippen LogP contribution in [0.2, 0.25) is 5.02 Å². The number of ether oxygens (including phenoxy) is 2. The lowest BCUT2D eigenvalue weighted by atomic mass is 10.1. The second kappa shape index (κ2) is 9.19. The zero-order valence-corrected chi connectivity index (χ0v) is 17.5. The fourth-order valence-corrected chi connectivity index (χ4v) is 3.80. The van der Waals surface area contributed by atoms with Gasteiger partial charge >= 0.3 is 0 Å². The molecule has 0 saturated heterocycles. The standard InChI is InChI=1S/C22H19ClN2O4S/c23-16-5-4-15(13-17(16)25-22(27)20-2-1-11-30-20)21(26)24-8-7-14-3-6-18-19(12-14)29-10-9-28-18/h1-6,11-13H,7-10H2,(H,24,26)(H,25,27). The summed E-state index contributed by atoms with van der Waals surface area (Å²) in [6.45, 7) is 1.55. The molecule has 1 aliphatic rings. The minimum absolute atomic E-state index is 0.240. The molecule has 0 unspecified atom stereocenters. The Morgan fingerprint density at radius 2 is 1.83 bits per heavy atom. The minimum Gasteiger partial charge on any atom is -0.486 e. The van der Waals surface area contributed by atoms with Gasteiger partial charge in [0.05, 0.1) is 15.6 Å². The van der Waals surface area contributed by atoms with E-state index in [0.717, 1.165) is 17.1 Å². The number of benzene rings is 2.